The minimum atomic E-state index is -2.94. The van der Waals surface area contributed by atoms with E-state index in [4.69, 9.17) is 9.15 Å². The van der Waals surface area contributed by atoms with Gasteiger partial charge in [-0.1, -0.05) is 0 Å². The molecule has 0 radical (unpaired) electrons. The van der Waals surface area contributed by atoms with E-state index in [0.29, 0.717) is 22.6 Å². The molecule has 0 aliphatic carbocycles. The zero-order valence-electron chi connectivity index (χ0n) is 14.0. The van der Waals surface area contributed by atoms with Crippen LogP contribution in [0.3, 0.4) is 0 Å². The largest absolute Gasteiger partial charge is 0.490 e. The highest BCUT2D eigenvalue weighted by atomic mass is 19.3. The van der Waals surface area contributed by atoms with Crippen LogP contribution in [0.1, 0.15) is 34.4 Å². The highest BCUT2D eigenvalue weighted by molar-refractivity contribution is 5.95. The van der Waals surface area contributed by atoms with Gasteiger partial charge in [-0.3, -0.25) is 4.79 Å². The van der Waals surface area contributed by atoms with E-state index in [1.54, 1.807) is 26.8 Å². The Kier molecular flexibility index (Phi) is 6.10. The van der Waals surface area contributed by atoms with Crippen LogP contribution in [0.15, 0.2) is 33.8 Å². The third kappa shape index (κ3) is 5.03. The van der Waals surface area contributed by atoms with Gasteiger partial charge in [0.15, 0.2) is 11.5 Å². The van der Waals surface area contributed by atoms with Gasteiger partial charge < -0.3 is 13.9 Å². The maximum atomic E-state index is 12.4. The molecule has 0 saturated carbocycles. The molecule has 1 aromatic carbocycles. The van der Waals surface area contributed by atoms with Crippen LogP contribution in [-0.2, 0) is 0 Å². The third-order valence-electron chi connectivity index (χ3n) is 3.15. The molecule has 0 unspecified atom stereocenters. The number of nitrogens with one attached hydrogen (secondary N) is 1. The summed E-state index contributed by atoms with van der Waals surface area (Å²) >= 11 is 0. The zero-order valence-corrected chi connectivity index (χ0v) is 14.0. The molecular weight excluding hydrogens is 334 g/mol. The van der Waals surface area contributed by atoms with Crippen LogP contribution >= 0.6 is 0 Å². The number of nitrogens with zero attached hydrogens (tertiary/aromatic N) is 1. The molecule has 25 heavy (non-hydrogen) atoms. The number of benzene rings is 1. The Labute approximate surface area is 143 Å². The summed E-state index contributed by atoms with van der Waals surface area (Å²) in [5.74, 6) is 0.815. The number of hydrogen-bond donors (Lipinski definition) is 1. The second-order valence-electron chi connectivity index (χ2n) is 5.04. The van der Waals surface area contributed by atoms with Crippen molar-refractivity contribution in [2.45, 2.75) is 27.4 Å². The minimum Gasteiger partial charge on any atom is -0.490 e. The fourth-order valence-electron chi connectivity index (χ4n) is 2.15. The lowest BCUT2D eigenvalue weighted by molar-refractivity contribution is -0.0514. The normalized spacial score (nSPS) is 11.1. The molecule has 1 heterocycles. The summed E-state index contributed by atoms with van der Waals surface area (Å²) in [6, 6.07) is 5.97. The SMILES string of the molecule is CCOc1cc(/C=N\NC(=O)c2cc(C)oc2C)ccc1OC(F)F. The number of ether oxygens (including phenoxy) is 2. The van der Waals surface area contributed by atoms with Crippen LogP contribution < -0.4 is 14.9 Å². The first-order valence-corrected chi connectivity index (χ1v) is 7.52. The molecule has 1 N–H and O–H groups in total. The number of hydrazone groups is 1. The molecule has 0 aliphatic rings. The highest BCUT2D eigenvalue weighted by Crippen LogP contribution is 2.29. The van der Waals surface area contributed by atoms with Gasteiger partial charge in [0, 0.05) is 0 Å². The summed E-state index contributed by atoms with van der Waals surface area (Å²) in [7, 11) is 0. The number of carbonyl (C=O) groups excluding carboxylic acids is 1. The van der Waals surface area contributed by atoms with Gasteiger partial charge in [-0.15, -0.1) is 0 Å². The number of alkyl halides is 2. The van der Waals surface area contributed by atoms with Crippen molar-refractivity contribution in [2.24, 2.45) is 5.10 Å². The number of furan rings is 1. The smallest absolute Gasteiger partial charge is 0.387 e. The van der Waals surface area contributed by atoms with Crippen molar-refractivity contribution in [1.82, 2.24) is 5.43 Å². The molecule has 0 fully saturated rings. The topological polar surface area (TPSA) is 73.1 Å². The molecule has 0 spiro atoms. The maximum Gasteiger partial charge on any atom is 0.387 e. The standard InChI is InChI=1S/C17H18F2N2O4/c1-4-23-15-8-12(5-6-14(15)25-17(18)19)9-20-21-16(22)13-7-10(2)24-11(13)3/h5-9,17H,4H2,1-3H3,(H,21,22)/b20-9-. The fraction of sp³-hybridized carbons (Fsp3) is 0.294. The predicted octanol–water partition coefficient (Wildman–Crippen LogP) is 3.66. The van der Waals surface area contributed by atoms with Crippen LogP contribution in [0, 0.1) is 13.8 Å². The molecule has 6 nitrogen and oxygen atoms in total. The van der Waals surface area contributed by atoms with Crippen LogP contribution in [0.2, 0.25) is 0 Å². The van der Waals surface area contributed by atoms with Gasteiger partial charge in [-0.05, 0) is 50.6 Å². The number of hydrogen-bond acceptors (Lipinski definition) is 5. The van der Waals surface area contributed by atoms with Crippen molar-refractivity contribution < 1.29 is 27.5 Å². The average molecular weight is 352 g/mol. The molecule has 2 rings (SSSR count). The van der Waals surface area contributed by atoms with E-state index < -0.39 is 12.5 Å². The molecule has 1 amide bonds. The average Bonchev–Trinajstić information content (AvgIpc) is 2.88. The fourth-order valence-corrected chi connectivity index (χ4v) is 2.15. The van der Waals surface area contributed by atoms with Crippen molar-refractivity contribution in [3.05, 3.63) is 46.9 Å². The van der Waals surface area contributed by atoms with Crippen molar-refractivity contribution in [2.75, 3.05) is 6.61 Å². The number of amides is 1. The van der Waals surface area contributed by atoms with Gasteiger partial charge in [0.1, 0.15) is 11.5 Å². The molecule has 8 heteroatoms. The van der Waals surface area contributed by atoms with Gasteiger partial charge in [0.2, 0.25) is 0 Å². The summed E-state index contributed by atoms with van der Waals surface area (Å²) in [5, 5.41) is 3.85. The van der Waals surface area contributed by atoms with E-state index in [9.17, 15) is 13.6 Å². The number of aryl methyl sites for hydroxylation is 2. The van der Waals surface area contributed by atoms with Crippen molar-refractivity contribution in [3.8, 4) is 11.5 Å². The zero-order chi connectivity index (χ0) is 18.4. The van der Waals surface area contributed by atoms with Crippen LogP contribution in [-0.4, -0.2) is 25.3 Å². The Balaban J connectivity index is 2.08. The van der Waals surface area contributed by atoms with E-state index >= 15 is 0 Å². The van der Waals surface area contributed by atoms with E-state index in [2.05, 4.69) is 15.3 Å². The second kappa shape index (κ2) is 8.27. The van der Waals surface area contributed by atoms with E-state index in [0.717, 1.165) is 0 Å². The van der Waals surface area contributed by atoms with Crippen LogP contribution in [0.25, 0.3) is 0 Å². The first kappa shape index (κ1) is 18.4. The van der Waals surface area contributed by atoms with Crippen LogP contribution in [0.5, 0.6) is 11.5 Å². The molecule has 0 bridgehead atoms. The van der Waals surface area contributed by atoms with E-state index in [1.165, 1.54) is 24.4 Å². The molecule has 1 aromatic heterocycles. The summed E-state index contributed by atoms with van der Waals surface area (Å²) < 4.78 is 39.7. The Morgan fingerprint density at radius 3 is 2.68 bits per heavy atom. The van der Waals surface area contributed by atoms with Crippen molar-refractivity contribution in [1.29, 1.82) is 0 Å². The molecule has 0 atom stereocenters. The Hall–Kier alpha value is -2.90. The lowest BCUT2D eigenvalue weighted by Crippen LogP contribution is -2.17. The first-order chi connectivity index (χ1) is 11.9. The maximum absolute atomic E-state index is 12.4. The number of carbonyl (C=O) groups is 1. The minimum absolute atomic E-state index is 0.0671. The summed E-state index contributed by atoms with van der Waals surface area (Å²) in [4.78, 5) is 12.0. The number of halogens is 2. The molecule has 0 saturated heterocycles. The van der Waals surface area contributed by atoms with Gasteiger partial charge in [0.25, 0.3) is 5.91 Å². The molecule has 134 valence electrons. The van der Waals surface area contributed by atoms with E-state index in [-0.39, 0.29) is 18.1 Å². The highest BCUT2D eigenvalue weighted by Gasteiger charge is 2.13. The summed E-state index contributed by atoms with van der Waals surface area (Å²) in [6.45, 7) is 2.49. The lowest BCUT2D eigenvalue weighted by atomic mass is 10.2. The Morgan fingerprint density at radius 2 is 2.08 bits per heavy atom. The molecule has 0 aliphatic heterocycles. The van der Waals surface area contributed by atoms with Crippen LogP contribution in [0.4, 0.5) is 8.78 Å². The van der Waals surface area contributed by atoms with E-state index in [1.807, 2.05) is 0 Å². The Morgan fingerprint density at radius 1 is 1.32 bits per heavy atom. The second-order valence-corrected chi connectivity index (χ2v) is 5.04. The quantitative estimate of drug-likeness (QED) is 0.610. The summed E-state index contributed by atoms with van der Waals surface area (Å²) in [6.07, 6.45) is 1.37. The van der Waals surface area contributed by atoms with Crippen molar-refractivity contribution >= 4 is 12.1 Å². The molecular formula is C17H18F2N2O4. The Bertz CT molecular complexity index is 772. The predicted molar refractivity (Wildman–Crippen MR) is 87.5 cm³/mol. The monoisotopic (exact) mass is 352 g/mol. The first-order valence-electron chi connectivity index (χ1n) is 7.52. The van der Waals surface area contributed by atoms with Gasteiger partial charge in [0.05, 0.1) is 18.4 Å². The van der Waals surface area contributed by atoms with Gasteiger partial charge in [-0.2, -0.15) is 13.9 Å². The third-order valence-corrected chi connectivity index (χ3v) is 3.15. The van der Waals surface area contributed by atoms with Crippen molar-refractivity contribution in [3.63, 3.8) is 0 Å². The lowest BCUT2D eigenvalue weighted by Gasteiger charge is -2.11. The summed E-state index contributed by atoms with van der Waals surface area (Å²) in [5.41, 5.74) is 3.32. The molecule has 2 aromatic rings. The van der Waals surface area contributed by atoms with Gasteiger partial charge >= 0.3 is 6.61 Å². The number of rotatable bonds is 7. The van der Waals surface area contributed by atoms with Gasteiger partial charge in [-0.25, -0.2) is 5.43 Å².